The Hall–Kier alpha value is -3.28. The first kappa shape index (κ1) is 39.0. The Balaban J connectivity index is 0.000000167. The number of carbonyl (C=O) groups is 4. The van der Waals surface area contributed by atoms with Crippen molar-refractivity contribution in [3.8, 4) is 0 Å². The van der Waals surface area contributed by atoms with Crippen LogP contribution in [0.4, 0.5) is 0 Å². The lowest BCUT2D eigenvalue weighted by Crippen LogP contribution is -2.46. The van der Waals surface area contributed by atoms with Crippen LogP contribution in [0.1, 0.15) is 173 Å². The number of nitrogens with one attached hydrogen (secondary N) is 2. The van der Waals surface area contributed by atoms with Gasteiger partial charge in [0.1, 0.15) is 0 Å². The van der Waals surface area contributed by atoms with Gasteiger partial charge in [-0.2, -0.15) is 0 Å². The van der Waals surface area contributed by atoms with Crippen LogP contribution in [0.5, 0.6) is 0 Å². The van der Waals surface area contributed by atoms with Gasteiger partial charge in [0.2, 0.25) is 0 Å². The highest BCUT2D eigenvalue weighted by Gasteiger charge is 2.52. The van der Waals surface area contributed by atoms with Crippen LogP contribution in [0.2, 0.25) is 0 Å². The van der Waals surface area contributed by atoms with E-state index in [9.17, 15) is 19.2 Å². The maximum atomic E-state index is 13.0. The molecule has 2 amide bonds. The molecule has 2 N–H and O–H groups in total. The molecule has 0 saturated heterocycles. The smallest absolute Gasteiger partial charge is 0.251 e. The van der Waals surface area contributed by atoms with E-state index in [4.69, 9.17) is 0 Å². The molecular weight excluding hydrogens is 669 g/mol. The summed E-state index contributed by atoms with van der Waals surface area (Å²) in [5.74, 6) is 6.44. The van der Waals surface area contributed by atoms with Gasteiger partial charge in [0.15, 0.2) is 11.6 Å². The SMILES string of the molecule is CC(C)[C@@H](C)NC(=O)c1ccc(C(=O)CC23CC4CC(CC(C4)C2)C3)cc1.CC(C)[C@@H](C)NC(=O)c1ccc(C(=O)CC23CC4CC(CC(C4)C2)C3)cc1. The van der Waals surface area contributed by atoms with Crippen molar-refractivity contribution in [3.63, 3.8) is 0 Å². The summed E-state index contributed by atoms with van der Waals surface area (Å²) in [7, 11) is 0. The fourth-order valence-electron chi connectivity index (χ4n) is 12.4. The van der Waals surface area contributed by atoms with Crippen molar-refractivity contribution in [2.75, 3.05) is 0 Å². The summed E-state index contributed by atoms with van der Waals surface area (Å²) in [6.07, 6.45) is 17.4. The number of carbonyl (C=O) groups excluding carboxylic acids is 4. The van der Waals surface area contributed by atoms with Gasteiger partial charge in [-0.05, 0) is 173 Å². The average molecular weight is 735 g/mol. The predicted molar refractivity (Wildman–Crippen MR) is 216 cm³/mol. The second kappa shape index (κ2) is 15.7. The molecular formula is C48H66N2O4. The number of amides is 2. The average Bonchev–Trinajstić information content (AvgIpc) is 3.10. The van der Waals surface area contributed by atoms with Gasteiger partial charge in [-0.1, -0.05) is 52.0 Å². The van der Waals surface area contributed by atoms with Crippen molar-refractivity contribution in [2.45, 2.75) is 144 Å². The van der Waals surface area contributed by atoms with Crippen molar-refractivity contribution < 1.29 is 19.2 Å². The van der Waals surface area contributed by atoms with Crippen molar-refractivity contribution in [3.05, 3.63) is 70.8 Å². The van der Waals surface area contributed by atoms with Crippen LogP contribution in [0.3, 0.4) is 0 Å². The van der Waals surface area contributed by atoms with E-state index in [1.165, 1.54) is 77.0 Å². The van der Waals surface area contributed by atoms with Crippen LogP contribution in [0, 0.1) is 58.2 Å². The summed E-state index contributed by atoms with van der Waals surface area (Å²) in [6, 6.07) is 14.9. The van der Waals surface area contributed by atoms with E-state index in [0.29, 0.717) is 35.8 Å². The first-order valence-electron chi connectivity index (χ1n) is 21.6. The van der Waals surface area contributed by atoms with E-state index in [2.05, 4.69) is 38.3 Å². The summed E-state index contributed by atoms with van der Waals surface area (Å²) in [5.41, 5.74) is 3.34. The van der Waals surface area contributed by atoms with Crippen LogP contribution in [0.25, 0.3) is 0 Å². The molecule has 8 fully saturated rings. The number of benzene rings is 2. The summed E-state index contributed by atoms with van der Waals surface area (Å²) in [6.45, 7) is 12.4. The minimum absolute atomic E-state index is 0.0590. The second-order valence-electron chi connectivity index (χ2n) is 20.2. The lowest BCUT2D eigenvalue weighted by Gasteiger charge is -2.56. The van der Waals surface area contributed by atoms with Gasteiger partial charge in [0.25, 0.3) is 11.8 Å². The van der Waals surface area contributed by atoms with Crippen LogP contribution in [-0.4, -0.2) is 35.5 Å². The molecule has 8 aliphatic carbocycles. The molecule has 8 aliphatic rings. The van der Waals surface area contributed by atoms with Gasteiger partial charge in [-0.15, -0.1) is 0 Å². The number of Topliss-reactive ketones (excluding diaryl/α,β-unsaturated/α-hetero) is 2. The Kier molecular flexibility index (Phi) is 11.3. The standard InChI is InChI=1S/2C24H33NO2/c2*1-15(2)16(3)25-23(27)21-6-4-20(5-7-21)22(26)14-24-11-17-8-18(12-24)10-19(9-17)13-24/h2*4-7,15-19H,8-14H2,1-3H3,(H,25,27)/t2*16-,17?,18?,19?,24?/m11/s1. The summed E-state index contributed by atoms with van der Waals surface area (Å²) >= 11 is 0. The summed E-state index contributed by atoms with van der Waals surface area (Å²) in [5, 5.41) is 6.05. The maximum Gasteiger partial charge on any atom is 0.251 e. The maximum absolute atomic E-state index is 13.0. The molecule has 2 aromatic rings. The number of rotatable bonds is 12. The number of ketones is 2. The van der Waals surface area contributed by atoms with Gasteiger partial charge < -0.3 is 10.6 Å². The van der Waals surface area contributed by atoms with Crippen LogP contribution in [-0.2, 0) is 0 Å². The Bertz CT molecular complexity index is 1490. The number of hydrogen-bond donors (Lipinski definition) is 2. The normalized spacial score (nSPS) is 32.5. The molecule has 8 saturated carbocycles. The molecule has 0 spiro atoms. The third-order valence-corrected chi connectivity index (χ3v) is 15.1. The molecule has 6 nitrogen and oxygen atoms in total. The van der Waals surface area contributed by atoms with Gasteiger partial charge in [0, 0.05) is 47.2 Å². The molecule has 2 atom stereocenters. The highest BCUT2D eigenvalue weighted by molar-refractivity contribution is 6.00. The summed E-state index contributed by atoms with van der Waals surface area (Å²) < 4.78 is 0. The van der Waals surface area contributed by atoms with Crippen LogP contribution < -0.4 is 10.6 Å². The zero-order chi connectivity index (χ0) is 38.4. The van der Waals surface area contributed by atoms with Crippen LogP contribution in [0.15, 0.2) is 48.5 Å². The first-order chi connectivity index (χ1) is 25.7. The van der Waals surface area contributed by atoms with Crippen molar-refractivity contribution in [1.82, 2.24) is 10.6 Å². The lowest BCUT2D eigenvalue weighted by molar-refractivity contribution is -0.0527. The van der Waals surface area contributed by atoms with E-state index in [1.54, 1.807) is 24.3 Å². The summed E-state index contributed by atoms with van der Waals surface area (Å²) in [4.78, 5) is 50.6. The third kappa shape index (κ3) is 8.73. The second-order valence-corrected chi connectivity index (χ2v) is 20.2. The van der Waals surface area contributed by atoms with E-state index in [1.807, 2.05) is 38.1 Å². The van der Waals surface area contributed by atoms with Crippen molar-refractivity contribution in [1.29, 1.82) is 0 Å². The first-order valence-corrected chi connectivity index (χ1v) is 21.6. The van der Waals surface area contributed by atoms with E-state index in [0.717, 1.165) is 46.6 Å². The third-order valence-electron chi connectivity index (χ3n) is 15.1. The Morgan fingerprint density at radius 1 is 0.463 bits per heavy atom. The predicted octanol–water partition coefficient (Wildman–Crippen LogP) is 10.5. The van der Waals surface area contributed by atoms with Crippen molar-refractivity contribution >= 4 is 23.4 Å². The molecule has 0 radical (unpaired) electrons. The molecule has 54 heavy (non-hydrogen) atoms. The van der Waals surface area contributed by atoms with E-state index < -0.39 is 0 Å². The van der Waals surface area contributed by atoms with E-state index in [-0.39, 0.29) is 46.3 Å². The Morgan fingerprint density at radius 3 is 0.944 bits per heavy atom. The number of hydrogen-bond acceptors (Lipinski definition) is 4. The Morgan fingerprint density at radius 2 is 0.704 bits per heavy atom. The topological polar surface area (TPSA) is 92.3 Å². The molecule has 6 heteroatoms. The van der Waals surface area contributed by atoms with Gasteiger partial charge in [-0.3, -0.25) is 19.2 Å². The fraction of sp³-hybridized carbons (Fsp3) is 0.667. The Labute approximate surface area is 324 Å². The van der Waals surface area contributed by atoms with Crippen molar-refractivity contribution in [2.24, 2.45) is 58.2 Å². The zero-order valence-corrected chi connectivity index (χ0v) is 33.9. The lowest BCUT2D eigenvalue weighted by atomic mass is 9.48. The molecule has 0 unspecified atom stereocenters. The van der Waals surface area contributed by atoms with Gasteiger partial charge in [0.05, 0.1) is 0 Å². The minimum Gasteiger partial charge on any atom is -0.349 e. The van der Waals surface area contributed by atoms with Gasteiger partial charge in [-0.25, -0.2) is 0 Å². The molecule has 8 bridgehead atoms. The fourth-order valence-corrected chi connectivity index (χ4v) is 12.4. The molecule has 0 aliphatic heterocycles. The molecule has 10 rings (SSSR count). The molecule has 0 heterocycles. The van der Waals surface area contributed by atoms with Gasteiger partial charge >= 0.3 is 0 Å². The minimum atomic E-state index is -0.0590. The highest BCUT2D eigenvalue weighted by Crippen LogP contribution is 2.62. The highest BCUT2D eigenvalue weighted by atomic mass is 16.2. The van der Waals surface area contributed by atoms with E-state index >= 15 is 0 Å². The largest absolute Gasteiger partial charge is 0.349 e. The quantitative estimate of drug-likeness (QED) is 0.212. The molecule has 0 aromatic heterocycles. The molecule has 2 aromatic carbocycles. The zero-order valence-electron chi connectivity index (χ0n) is 33.9. The molecule has 292 valence electrons. The van der Waals surface area contributed by atoms with Crippen LogP contribution >= 0.6 is 0 Å². The monoisotopic (exact) mass is 735 g/mol.